The summed E-state index contributed by atoms with van der Waals surface area (Å²) in [5, 5.41) is 2.12. The predicted molar refractivity (Wildman–Crippen MR) is 113 cm³/mol. The van der Waals surface area contributed by atoms with Gasteiger partial charge in [-0.25, -0.2) is 0 Å². The zero-order valence-corrected chi connectivity index (χ0v) is 17.8. The normalized spacial score (nSPS) is 15.4. The molecule has 0 saturated heterocycles. The number of carbonyl (C=O) groups excluding carboxylic acids is 1. The van der Waals surface area contributed by atoms with E-state index in [1.807, 2.05) is 22.3 Å². The van der Waals surface area contributed by atoms with E-state index in [0.717, 1.165) is 37.7 Å². The highest BCUT2D eigenvalue weighted by atomic mass is 32.1. The number of carbonyl (C=O) groups is 1. The fraction of sp³-hybridized carbons (Fsp3) is 0.500. The molecule has 1 aliphatic heterocycles. The molecule has 2 N–H and O–H groups in total. The molecule has 152 valence electrons. The second-order valence-corrected chi connectivity index (χ2v) is 8.81. The maximum Gasteiger partial charge on any atom is 0.254 e. The molecule has 3 rings (SSSR count). The van der Waals surface area contributed by atoms with Gasteiger partial charge >= 0.3 is 0 Å². The standard InChI is InChI=1S/C22H30N2O3S/c1-22(23,9-5-4-7-17-8-6-12-28-17)10-11-24-15-16-13-19(26-2)20(27-3)14-18(16)21(24)25/h6,8,12-14H,4-5,7,9-11,15,23H2,1-3H3. The summed E-state index contributed by atoms with van der Waals surface area (Å²) in [5.41, 5.74) is 7.94. The van der Waals surface area contributed by atoms with E-state index < -0.39 is 0 Å². The van der Waals surface area contributed by atoms with Crippen molar-refractivity contribution in [3.63, 3.8) is 0 Å². The molecule has 28 heavy (non-hydrogen) atoms. The average molecular weight is 403 g/mol. The van der Waals surface area contributed by atoms with Crippen LogP contribution in [0.25, 0.3) is 0 Å². The summed E-state index contributed by atoms with van der Waals surface area (Å²) in [6, 6.07) is 7.97. The van der Waals surface area contributed by atoms with Crippen molar-refractivity contribution in [2.75, 3.05) is 20.8 Å². The Bertz CT molecular complexity index is 802. The third-order valence-electron chi connectivity index (χ3n) is 5.44. The van der Waals surface area contributed by atoms with Crippen molar-refractivity contribution in [2.24, 2.45) is 5.73 Å². The number of hydrogen-bond acceptors (Lipinski definition) is 5. The largest absolute Gasteiger partial charge is 0.493 e. The van der Waals surface area contributed by atoms with Gasteiger partial charge in [-0.2, -0.15) is 0 Å². The average Bonchev–Trinajstić information content (AvgIpc) is 3.30. The highest BCUT2D eigenvalue weighted by Crippen LogP contribution is 2.35. The lowest BCUT2D eigenvalue weighted by Gasteiger charge is -2.27. The number of aryl methyl sites for hydroxylation is 1. The Balaban J connectivity index is 1.50. The van der Waals surface area contributed by atoms with Crippen molar-refractivity contribution in [1.82, 2.24) is 4.90 Å². The minimum Gasteiger partial charge on any atom is -0.493 e. The first-order chi connectivity index (χ1) is 13.4. The summed E-state index contributed by atoms with van der Waals surface area (Å²) in [5.74, 6) is 1.29. The minimum atomic E-state index is -0.264. The summed E-state index contributed by atoms with van der Waals surface area (Å²) in [4.78, 5) is 16.1. The number of unbranched alkanes of at least 4 members (excludes halogenated alkanes) is 1. The van der Waals surface area contributed by atoms with Crippen LogP contribution >= 0.6 is 11.3 Å². The number of ether oxygens (including phenoxy) is 2. The van der Waals surface area contributed by atoms with Crippen molar-refractivity contribution in [3.05, 3.63) is 45.6 Å². The van der Waals surface area contributed by atoms with Crippen molar-refractivity contribution < 1.29 is 14.3 Å². The predicted octanol–water partition coefficient (Wildman–Crippen LogP) is 4.24. The first kappa shape index (κ1) is 20.7. The van der Waals surface area contributed by atoms with E-state index in [0.29, 0.717) is 30.2 Å². The maximum atomic E-state index is 12.8. The molecule has 0 radical (unpaired) electrons. The van der Waals surface area contributed by atoms with Gasteiger partial charge in [-0.15, -0.1) is 11.3 Å². The Hall–Kier alpha value is -2.05. The molecule has 1 unspecified atom stereocenters. The molecule has 5 nitrogen and oxygen atoms in total. The summed E-state index contributed by atoms with van der Waals surface area (Å²) < 4.78 is 10.7. The topological polar surface area (TPSA) is 64.8 Å². The number of rotatable bonds is 10. The molecule has 6 heteroatoms. The quantitative estimate of drug-likeness (QED) is 0.604. The molecule has 0 spiro atoms. The van der Waals surface area contributed by atoms with Crippen molar-refractivity contribution in [2.45, 2.75) is 51.1 Å². The van der Waals surface area contributed by atoms with Crippen LogP contribution in [0.2, 0.25) is 0 Å². The Morgan fingerprint density at radius 3 is 2.61 bits per heavy atom. The number of hydrogen-bond donors (Lipinski definition) is 1. The number of fused-ring (bicyclic) bond motifs is 1. The van der Waals surface area contributed by atoms with E-state index >= 15 is 0 Å². The van der Waals surface area contributed by atoms with Gasteiger partial charge in [0, 0.05) is 29.1 Å². The van der Waals surface area contributed by atoms with Crippen LogP contribution < -0.4 is 15.2 Å². The lowest BCUT2D eigenvalue weighted by Crippen LogP contribution is -2.40. The van der Waals surface area contributed by atoms with Crippen LogP contribution in [-0.4, -0.2) is 37.1 Å². The van der Waals surface area contributed by atoms with Gasteiger partial charge in [-0.05, 0) is 61.7 Å². The molecule has 0 bridgehead atoms. The van der Waals surface area contributed by atoms with Crippen LogP contribution in [0.1, 0.15) is 53.4 Å². The molecule has 0 saturated carbocycles. The fourth-order valence-electron chi connectivity index (χ4n) is 3.68. The Labute approximate surface area is 171 Å². The Morgan fingerprint density at radius 1 is 1.18 bits per heavy atom. The molecule has 0 fully saturated rings. The summed E-state index contributed by atoms with van der Waals surface area (Å²) in [6.07, 6.45) is 5.14. The molecule has 2 aromatic rings. The Kier molecular flexibility index (Phi) is 6.62. The zero-order valence-electron chi connectivity index (χ0n) is 17.0. The minimum absolute atomic E-state index is 0.0458. The van der Waals surface area contributed by atoms with Gasteiger partial charge in [-0.1, -0.05) is 12.5 Å². The second-order valence-electron chi connectivity index (χ2n) is 7.78. The van der Waals surface area contributed by atoms with Gasteiger partial charge in [0.05, 0.1) is 14.2 Å². The van der Waals surface area contributed by atoms with Gasteiger partial charge in [0.2, 0.25) is 0 Å². The monoisotopic (exact) mass is 402 g/mol. The molecular weight excluding hydrogens is 372 g/mol. The van der Waals surface area contributed by atoms with Gasteiger partial charge in [0.25, 0.3) is 5.91 Å². The first-order valence-corrected chi connectivity index (χ1v) is 10.7. The lowest BCUT2D eigenvalue weighted by molar-refractivity contribution is 0.0766. The van der Waals surface area contributed by atoms with Crippen LogP contribution in [0.3, 0.4) is 0 Å². The highest BCUT2D eigenvalue weighted by Gasteiger charge is 2.30. The van der Waals surface area contributed by atoms with Crippen LogP contribution in [-0.2, 0) is 13.0 Å². The van der Waals surface area contributed by atoms with Gasteiger partial charge in [0.1, 0.15) is 0 Å². The molecule has 1 aromatic heterocycles. The molecule has 2 heterocycles. The van der Waals surface area contributed by atoms with E-state index in [-0.39, 0.29) is 11.4 Å². The number of thiophene rings is 1. The third kappa shape index (κ3) is 4.86. The number of benzene rings is 1. The van der Waals surface area contributed by atoms with E-state index in [4.69, 9.17) is 15.2 Å². The summed E-state index contributed by atoms with van der Waals surface area (Å²) >= 11 is 1.81. The smallest absolute Gasteiger partial charge is 0.254 e. The van der Waals surface area contributed by atoms with Crippen molar-refractivity contribution in [3.8, 4) is 11.5 Å². The fourth-order valence-corrected chi connectivity index (χ4v) is 4.43. The van der Waals surface area contributed by atoms with Crippen LogP contribution in [0.4, 0.5) is 0 Å². The molecule has 0 aliphatic carbocycles. The molecule has 1 amide bonds. The number of methoxy groups -OCH3 is 2. The van der Waals surface area contributed by atoms with Crippen LogP contribution in [0.15, 0.2) is 29.6 Å². The van der Waals surface area contributed by atoms with E-state index in [9.17, 15) is 4.79 Å². The van der Waals surface area contributed by atoms with E-state index in [2.05, 4.69) is 24.4 Å². The zero-order chi connectivity index (χ0) is 20.1. The number of nitrogens with zero attached hydrogens (tertiary/aromatic N) is 1. The van der Waals surface area contributed by atoms with Gasteiger partial charge in [-0.3, -0.25) is 4.79 Å². The second kappa shape index (κ2) is 8.97. The van der Waals surface area contributed by atoms with Gasteiger partial charge < -0.3 is 20.1 Å². The SMILES string of the molecule is COc1cc2c(cc1OC)C(=O)N(CCC(C)(N)CCCCc1cccs1)C2. The maximum absolute atomic E-state index is 12.8. The highest BCUT2D eigenvalue weighted by molar-refractivity contribution is 7.09. The number of nitrogens with two attached hydrogens (primary N) is 1. The first-order valence-electron chi connectivity index (χ1n) is 9.79. The van der Waals surface area contributed by atoms with Crippen molar-refractivity contribution in [1.29, 1.82) is 0 Å². The molecule has 1 aliphatic rings. The van der Waals surface area contributed by atoms with Gasteiger partial charge in [0.15, 0.2) is 11.5 Å². The lowest BCUT2D eigenvalue weighted by atomic mass is 9.91. The molecule has 1 aromatic carbocycles. The summed E-state index contributed by atoms with van der Waals surface area (Å²) in [6.45, 7) is 3.36. The molecular formula is C22H30N2O3S. The van der Waals surface area contributed by atoms with Crippen molar-refractivity contribution >= 4 is 17.2 Å². The van der Waals surface area contributed by atoms with E-state index in [1.165, 1.54) is 4.88 Å². The van der Waals surface area contributed by atoms with E-state index in [1.54, 1.807) is 20.3 Å². The van der Waals surface area contributed by atoms with Crippen LogP contribution in [0.5, 0.6) is 11.5 Å². The Morgan fingerprint density at radius 2 is 1.93 bits per heavy atom. The third-order valence-corrected chi connectivity index (χ3v) is 6.38. The molecule has 1 atom stereocenters. The summed E-state index contributed by atoms with van der Waals surface area (Å²) in [7, 11) is 3.19. The number of amides is 1. The van der Waals surface area contributed by atoms with Crippen LogP contribution in [0, 0.1) is 0 Å².